The van der Waals surface area contributed by atoms with Gasteiger partial charge >= 0.3 is 5.97 Å². The standard InChI is InChI=1S/C20H20ClN3O2/c21-14-5-7-15(8-6-14)23-9-11-24(12-10-23)19(20(25)26)17-13-22-18-4-2-1-3-16(17)18/h1-8,13,19,22H,9-12H2,(H,25,26)/t19-/m1/s1. The molecule has 5 nitrogen and oxygen atoms in total. The number of halogens is 1. The van der Waals surface area contributed by atoms with Gasteiger partial charge in [-0.1, -0.05) is 29.8 Å². The number of hydrogen-bond donors (Lipinski definition) is 2. The molecule has 0 unspecified atom stereocenters. The zero-order valence-electron chi connectivity index (χ0n) is 14.2. The Morgan fingerprint density at radius 3 is 2.42 bits per heavy atom. The third-order valence-electron chi connectivity index (χ3n) is 5.02. The summed E-state index contributed by atoms with van der Waals surface area (Å²) in [7, 11) is 0. The number of rotatable bonds is 4. The number of H-pyrrole nitrogens is 1. The molecule has 1 aromatic heterocycles. The van der Waals surface area contributed by atoms with Crippen LogP contribution in [0.25, 0.3) is 10.9 Å². The summed E-state index contributed by atoms with van der Waals surface area (Å²) in [6.07, 6.45) is 1.83. The van der Waals surface area contributed by atoms with Crippen molar-refractivity contribution in [3.8, 4) is 0 Å². The minimum Gasteiger partial charge on any atom is -0.480 e. The van der Waals surface area contributed by atoms with E-state index in [0.717, 1.165) is 40.3 Å². The predicted octanol–water partition coefficient (Wildman–Crippen LogP) is 3.77. The number of aliphatic carboxylic acids is 1. The van der Waals surface area contributed by atoms with Crippen LogP contribution in [-0.4, -0.2) is 47.1 Å². The van der Waals surface area contributed by atoms with Crippen molar-refractivity contribution in [2.75, 3.05) is 31.1 Å². The molecule has 0 spiro atoms. The van der Waals surface area contributed by atoms with Crippen LogP contribution in [-0.2, 0) is 4.79 Å². The fourth-order valence-corrected chi connectivity index (χ4v) is 3.82. The zero-order chi connectivity index (χ0) is 18.1. The lowest BCUT2D eigenvalue weighted by molar-refractivity contribution is -0.143. The number of para-hydroxylation sites is 1. The number of carbonyl (C=O) groups is 1. The molecule has 0 aliphatic carbocycles. The third-order valence-corrected chi connectivity index (χ3v) is 5.27. The van der Waals surface area contributed by atoms with Gasteiger partial charge in [0.15, 0.2) is 0 Å². The number of nitrogens with one attached hydrogen (secondary N) is 1. The number of hydrogen-bond acceptors (Lipinski definition) is 3. The molecule has 26 heavy (non-hydrogen) atoms. The Morgan fingerprint density at radius 1 is 1.04 bits per heavy atom. The van der Waals surface area contributed by atoms with E-state index in [2.05, 4.69) is 9.88 Å². The van der Waals surface area contributed by atoms with Gasteiger partial charge in [-0.15, -0.1) is 0 Å². The number of nitrogens with zero attached hydrogens (tertiary/aromatic N) is 2. The summed E-state index contributed by atoms with van der Waals surface area (Å²) in [5, 5.41) is 11.6. The lowest BCUT2D eigenvalue weighted by Crippen LogP contribution is -2.49. The van der Waals surface area contributed by atoms with E-state index in [1.807, 2.05) is 59.6 Å². The average Bonchev–Trinajstić information content (AvgIpc) is 3.07. The van der Waals surface area contributed by atoms with Crippen molar-refractivity contribution in [2.45, 2.75) is 6.04 Å². The summed E-state index contributed by atoms with van der Waals surface area (Å²) in [6, 6.07) is 15.0. The van der Waals surface area contributed by atoms with Crippen LogP contribution in [0.15, 0.2) is 54.7 Å². The highest BCUT2D eigenvalue weighted by Gasteiger charge is 2.32. The molecule has 1 atom stereocenters. The van der Waals surface area contributed by atoms with E-state index in [0.29, 0.717) is 13.1 Å². The van der Waals surface area contributed by atoms with E-state index < -0.39 is 12.0 Å². The van der Waals surface area contributed by atoms with E-state index in [4.69, 9.17) is 11.6 Å². The highest BCUT2D eigenvalue weighted by atomic mass is 35.5. The van der Waals surface area contributed by atoms with E-state index in [1.165, 1.54) is 0 Å². The Hall–Kier alpha value is -2.50. The van der Waals surface area contributed by atoms with Crippen LogP contribution in [0.5, 0.6) is 0 Å². The lowest BCUT2D eigenvalue weighted by atomic mass is 10.0. The maximum absolute atomic E-state index is 12.0. The topological polar surface area (TPSA) is 59.6 Å². The maximum Gasteiger partial charge on any atom is 0.325 e. The number of fused-ring (bicyclic) bond motifs is 1. The van der Waals surface area contributed by atoms with Crippen molar-refractivity contribution in [1.29, 1.82) is 0 Å². The summed E-state index contributed by atoms with van der Waals surface area (Å²) < 4.78 is 0. The maximum atomic E-state index is 12.0. The van der Waals surface area contributed by atoms with Crippen LogP contribution < -0.4 is 4.90 Å². The molecule has 1 aliphatic rings. The zero-order valence-corrected chi connectivity index (χ0v) is 15.0. The molecule has 0 saturated carbocycles. The molecule has 2 aromatic carbocycles. The Morgan fingerprint density at radius 2 is 1.73 bits per heavy atom. The fourth-order valence-electron chi connectivity index (χ4n) is 3.70. The van der Waals surface area contributed by atoms with Crippen molar-refractivity contribution in [2.24, 2.45) is 0 Å². The number of aromatic amines is 1. The summed E-state index contributed by atoms with van der Waals surface area (Å²) in [5.41, 5.74) is 2.91. The van der Waals surface area contributed by atoms with Crippen molar-refractivity contribution < 1.29 is 9.90 Å². The number of aromatic nitrogens is 1. The molecule has 0 radical (unpaired) electrons. The van der Waals surface area contributed by atoms with Gasteiger partial charge in [0, 0.05) is 59.6 Å². The number of carboxylic acids is 1. The first-order valence-electron chi connectivity index (χ1n) is 8.67. The van der Waals surface area contributed by atoms with E-state index in [-0.39, 0.29) is 0 Å². The van der Waals surface area contributed by atoms with E-state index in [1.54, 1.807) is 0 Å². The van der Waals surface area contributed by atoms with Gasteiger partial charge in [-0.25, -0.2) is 0 Å². The predicted molar refractivity (Wildman–Crippen MR) is 104 cm³/mol. The second kappa shape index (κ2) is 7.02. The second-order valence-corrected chi connectivity index (χ2v) is 6.97. The Labute approximate surface area is 156 Å². The Balaban J connectivity index is 1.54. The summed E-state index contributed by atoms with van der Waals surface area (Å²) >= 11 is 5.96. The Kier molecular flexibility index (Phi) is 4.57. The van der Waals surface area contributed by atoms with Crippen LogP contribution in [0.4, 0.5) is 5.69 Å². The summed E-state index contributed by atoms with van der Waals surface area (Å²) in [4.78, 5) is 19.5. The molecule has 2 N–H and O–H groups in total. The van der Waals surface area contributed by atoms with Crippen LogP contribution >= 0.6 is 11.6 Å². The van der Waals surface area contributed by atoms with Gasteiger partial charge in [0.2, 0.25) is 0 Å². The molecular formula is C20H20ClN3O2. The van der Waals surface area contributed by atoms with Crippen LogP contribution in [0.2, 0.25) is 5.02 Å². The second-order valence-electron chi connectivity index (χ2n) is 6.53. The van der Waals surface area contributed by atoms with Crippen molar-refractivity contribution in [3.63, 3.8) is 0 Å². The largest absolute Gasteiger partial charge is 0.480 e. The number of benzene rings is 2. The first kappa shape index (κ1) is 16.9. The molecule has 0 bridgehead atoms. The van der Waals surface area contributed by atoms with Crippen molar-refractivity contribution in [1.82, 2.24) is 9.88 Å². The molecule has 1 aliphatic heterocycles. The lowest BCUT2D eigenvalue weighted by Gasteiger charge is -2.38. The first-order chi connectivity index (χ1) is 12.6. The molecule has 1 fully saturated rings. The van der Waals surface area contributed by atoms with Gasteiger partial charge < -0.3 is 15.0 Å². The van der Waals surface area contributed by atoms with Crippen LogP contribution in [0.1, 0.15) is 11.6 Å². The van der Waals surface area contributed by atoms with Gasteiger partial charge in [0.25, 0.3) is 0 Å². The minimum atomic E-state index is -0.810. The van der Waals surface area contributed by atoms with Gasteiger partial charge in [-0.3, -0.25) is 9.69 Å². The van der Waals surface area contributed by atoms with Crippen molar-refractivity contribution in [3.05, 3.63) is 65.3 Å². The normalized spacial score (nSPS) is 16.7. The van der Waals surface area contributed by atoms with Crippen LogP contribution in [0.3, 0.4) is 0 Å². The van der Waals surface area contributed by atoms with Gasteiger partial charge in [-0.05, 0) is 30.3 Å². The van der Waals surface area contributed by atoms with Gasteiger partial charge in [0.05, 0.1) is 0 Å². The van der Waals surface area contributed by atoms with E-state index >= 15 is 0 Å². The van der Waals surface area contributed by atoms with E-state index in [9.17, 15) is 9.90 Å². The summed E-state index contributed by atoms with van der Waals surface area (Å²) in [5.74, 6) is -0.810. The molecule has 6 heteroatoms. The van der Waals surface area contributed by atoms with Crippen molar-refractivity contribution >= 4 is 34.2 Å². The molecule has 134 valence electrons. The number of piperazine rings is 1. The third kappa shape index (κ3) is 3.16. The van der Waals surface area contributed by atoms with Crippen LogP contribution in [0, 0.1) is 0 Å². The molecular weight excluding hydrogens is 350 g/mol. The van der Waals surface area contributed by atoms with Gasteiger partial charge in [-0.2, -0.15) is 0 Å². The quantitative estimate of drug-likeness (QED) is 0.735. The molecule has 4 rings (SSSR count). The molecule has 3 aromatic rings. The highest BCUT2D eigenvalue weighted by molar-refractivity contribution is 6.30. The molecule has 0 amide bonds. The summed E-state index contributed by atoms with van der Waals surface area (Å²) in [6.45, 7) is 2.96. The molecule has 2 heterocycles. The minimum absolute atomic E-state index is 0.640. The number of carboxylic acid groups (broad SMARTS) is 1. The smallest absolute Gasteiger partial charge is 0.325 e. The first-order valence-corrected chi connectivity index (χ1v) is 9.04. The fraction of sp³-hybridized carbons (Fsp3) is 0.250. The Bertz CT molecular complexity index is 914. The number of anilines is 1. The molecule has 1 saturated heterocycles. The average molecular weight is 370 g/mol. The van der Waals surface area contributed by atoms with Gasteiger partial charge in [0.1, 0.15) is 6.04 Å². The monoisotopic (exact) mass is 369 g/mol. The highest BCUT2D eigenvalue weighted by Crippen LogP contribution is 2.30. The SMILES string of the molecule is O=C(O)[C@@H](c1c[nH]c2ccccc12)N1CCN(c2ccc(Cl)cc2)CC1.